The lowest BCUT2D eigenvalue weighted by molar-refractivity contribution is -0.131. The summed E-state index contributed by atoms with van der Waals surface area (Å²) in [5.41, 5.74) is 1.16. The summed E-state index contributed by atoms with van der Waals surface area (Å²) in [5, 5.41) is 8.97. The largest absolute Gasteiger partial charge is 0.478 e. The van der Waals surface area contributed by atoms with E-state index in [-0.39, 0.29) is 21.5 Å². The molecule has 0 fully saturated rings. The van der Waals surface area contributed by atoms with Crippen LogP contribution < -0.4 is 0 Å². The summed E-state index contributed by atoms with van der Waals surface area (Å²) in [7, 11) is -3.96. The number of rotatable bonds is 4. The van der Waals surface area contributed by atoms with Crippen LogP contribution in [0.5, 0.6) is 0 Å². The highest BCUT2D eigenvalue weighted by atomic mass is 32.2. The molecule has 2 heterocycles. The van der Waals surface area contributed by atoms with Gasteiger partial charge in [-0.2, -0.15) is 0 Å². The molecule has 0 amide bonds. The summed E-state index contributed by atoms with van der Waals surface area (Å²) >= 11 is 0. The van der Waals surface area contributed by atoms with E-state index in [1.165, 1.54) is 24.4 Å². The number of carbonyl (C=O) groups is 1. The molecule has 0 aliphatic carbocycles. The number of fused-ring (bicyclic) bond motifs is 1. The molecule has 0 atom stereocenters. The first kappa shape index (κ1) is 16.8. The van der Waals surface area contributed by atoms with Gasteiger partial charge in [0.2, 0.25) is 0 Å². The van der Waals surface area contributed by atoms with E-state index in [1.54, 1.807) is 12.1 Å². The predicted octanol–water partition coefficient (Wildman–Crippen LogP) is 2.82. The van der Waals surface area contributed by atoms with Crippen LogP contribution in [0.15, 0.2) is 53.7 Å². The van der Waals surface area contributed by atoms with E-state index < -0.39 is 21.8 Å². The Hall–Kier alpha value is -3.00. The molecule has 0 bridgehead atoms. The second-order valence-corrected chi connectivity index (χ2v) is 7.21. The lowest BCUT2D eigenvalue weighted by Gasteiger charge is -2.07. The van der Waals surface area contributed by atoms with Gasteiger partial charge in [0, 0.05) is 23.2 Å². The molecule has 3 rings (SSSR count). The molecule has 0 aliphatic heterocycles. The lowest BCUT2D eigenvalue weighted by atomic mass is 10.2. The van der Waals surface area contributed by atoms with E-state index >= 15 is 0 Å². The van der Waals surface area contributed by atoms with Gasteiger partial charge in [-0.3, -0.25) is 0 Å². The van der Waals surface area contributed by atoms with Crippen LogP contribution in [0.25, 0.3) is 17.1 Å². The van der Waals surface area contributed by atoms with Gasteiger partial charge in [-0.1, -0.05) is 17.7 Å². The number of pyridine rings is 1. The fourth-order valence-corrected chi connectivity index (χ4v) is 3.71. The first-order chi connectivity index (χ1) is 11.8. The highest BCUT2D eigenvalue weighted by Crippen LogP contribution is 2.26. The minimum Gasteiger partial charge on any atom is -0.478 e. The van der Waals surface area contributed by atoms with Gasteiger partial charge in [0.05, 0.1) is 11.1 Å². The molecule has 2 aromatic heterocycles. The van der Waals surface area contributed by atoms with Gasteiger partial charge >= 0.3 is 5.97 Å². The number of halogens is 1. The Kier molecular flexibility index (Phi) is 4.13. The van der Waals surface area contributed by atoms with Crippen molar-refractivity contribution in [3.05, 3.63) is 65.7 Å². The van der Waals surface area contributed by atoms with Crippen molar-refractivity contribution in [2.45, 2.75) is 11.8 Å². The lowest BCUT2D eigenvalue weighted by Crippen LogP contribution is -2.12. The van der Waals surface area contributed by atoms with E-state index in [9.17, 15) is 17.6 Å². The average molecular weight is 360 g/mol. The van der Waals surface area contributed by atoms with E-state index in [0.29, 0.717) is 0 Å². The molecular weight excluding hydrogens is 347 g/mol. The molecule has 3 aromatic rings. The fraction of sp³-hybridized carbons (Fsp3) is 0.0588. The SMILES string of the molecule is Cc1ccc(S(=O)(=O)n2cc(/C=C/C(=O)O)c3cc(F)cnc32)cc1. The van der Waals surface area contributed by atoms with E-state index in [4.69, 9.17) is 5.11 Å². The molecule has 0 radical (unpaired) electrons. The van der Waals surface area contributed by atoms with Crippen LogP contribution in [-0.2, 0) is 14.8 Å². The van der Waals surface area contributed by atoms with Crippen LogP contribution in [0, 0.1) is 12.7 Å². The highest BCUT2D eigenvalue weighted by Gasteiger charge is 2.22. The van der Waals surface area contributed by atoms with Gasteiger partial charge in [0.15, 0.2) is 5.65 Å². The minimum atomic E-state index is -3.96. The molecule has 25 heavy (non-hydrogen) atoms. The van der Waals surface area contributed by atoms with Crippen LogP contribution in [0.4, 0.5) is 4.39 Å². The molecule has 0 aliphatic rings. The first-order valence-electron chi connectivity index (χ1n) is 7.19. The maximum Gasteiger partial charge on any atom is 0.328 e. The predicted molar refractivity (Wildman–Crippen MR) is 90.1 cm³/mol. The van der Waals surface area contributed by atoms with Crippen molar-refractivity contribution in [1.29, 1.82) is 0 Å². The van der Waals surface area contributed by atoms with Crippen molar-refractivity contribution < 1.29 is 22.7 Å². The number of aromatic nitrogens is 2. The number of hydrogen-bond acceptors (Lipinski definition) is 4. The second-order valence-electron chi connectivity index (χ2n) is 5.39. The van der Waals surface area contributed by atoms with Gasteiger partial charge in [0.25, 0.3) is 10.0 Å². The Bertz CT molecular complexity index is 1100. The molecule has 128 valence electrons. The van der Waals surface area contributed by atoms with Crippen molar-refractivity contribution in [2.24, 2.45) is 0 Å². The zero-order valence-electron chi connectivity index (χ0n) is 13.0. The zero-order valence-corrected chi connectivity index (χ0v) is 13.9. The third kappa shape index (κ3) is 3.16. The van der Waals surface area contributed by atoms with Crippen LogP contribution in [0.2, 0.25) is 0 Å². The first-order valence-corrected chi connectivity index (χ1v) is 8.63. The van der Waals surface area contributed by atoms with Crippen molar-refractivity contribution in [3.63, 3.8) is 0 Å². The Morgan fingerprint density at radius 3 is 2.60 bits per heavy atom. The second kappa shape index (κ2) is 6.14. The molecule has 8 heteroatoms. The molecule has 0 saturated heterocycles. The summed E-state index contributed by atoms with van der Waals surface area (Å²) in [4.78, 5) is 14.6. The quantitative estimate of drug-likeness (QED) is 0.723. The molecule has 0 saturated carbocycles. The fourth-order valence-electron chi connectivity index (χ4n) is 2.38. The van der Waals surface area contributed by atoms with Crippen LogP contribution in [0.3, 0.4) is 0 Å². The number of hydrogen-bond donors (Lipinski definition) is 1. The number of aryl methyl sites for hydroxylation is 1. The topological polar surface area (TPSA) is 89.3 Å². The summed E-state index contributed by atoms with van der Waals surface area (Å²) in [6.45, 7) is 1.83. The van der Waals surface area contributed by atoms with E-state index in [2.05, 4.69) is 4.98 Å². The highest BCUT2D eigenvalue weighted by molar-refractivity contribution is 7.90. The van der Waals surface area contributed by atoms with E-state index in [1.807, 2.05) is 6.92 Å². The maximum atomic E-state index is 13.5. The number of carboxylic acid groups (broad SMARTS) is 1. The van der Waals surface area contributed by atoms with E-state index in [0.717, 1.165) is 27.9 Å². The number of aliphatic carboxylic acids is 1. The molecule has 6 nitrogen and oxygen atoms in total. The van der Waals surface area contributed by atoms with Crippen molar-refractivity contribution in [2.75, 3.05) is 0 Å². The number of nitrogens with zero attached hydrogens (tertiary/aromatic N) is 2. The van der Waals surface area contributed by atoms with Gasteiger partial charge < -0.3 is 5.11 Å². The van der Waals surface area contributed by atoms with Crippen LogP contribution in [-0.4, -0.2) is 28.5 Å². The van der Waals surface area contributed by atoms with Gasteiger partial charge in [-0.05, 0) is 31.2 Å². The van der Waals surface area contributed by atoms with Crippen LogP contribution >= 0.6 is 0 Å². The monoisotopic (exact) mass is 360 g/mol. The number of carboxylic acids is 1. The standard InChI is InChI=1S/C17H13FN2O4S/c1-11-2-5-14(6-3-11)25(23,24)20-10-12(4-7-16(21)22)15-8-13(18)9-19-17(15)20/h2-10H,1H3,(H,21,22)/b7-4+. The van der Waals surface area contributed by atoms with Crippen molar-refractivity contribution >= 4 is 33.1 Å². The molecule has 1 N–H and O–H groups in total. The normalized spacial score (nSPS) is 12.1. The van der Waals surface area contributed by atoms with Crippen molar-refractivity contribution in [1.82, 2.24) is 8.96 Å². The Morgan fingerprint density at radius 1 is 1.28 bits per heavy atom. The summed E-state index contributed by atoms with van der Waals surface area (Å²) in [6, 6.07) is 7.37. The zero-order chi connectivity index (χ0) is 18.2. The summed E-state index contributed by atoms with van der Waals surface area (Å²) < 4.78 is 40.2. The molecule has 0 unspecified atom stereocenters. The molecular formula is C17H13FN2O4S. The third-order valence-electron chi connectivity index (χ3n) is 3.59. The molecule has 0 spiro atoms. The van der Waals surface area contributed by atoms with Gasteiger partial charge in [0.1, 0.15) is 5.82 Å². The summed E-state index contributed by atoms with van der Waals surface area (Å²) in [5.74, 6) is -1.85. The van der Waals surface area contributed by atoms with Gasteiger partial charge in [-0.15, -0.1) is 0 Å². The molecule has 1 aromatic carbocycles. The maximum absolute atomic E-state index is 13.5. The smallest absolute Gasteiger partial charge is 0.328 e. The number of benzene rings is 1. The minimum absolute atomic E-state index is 0.0204. The Morgan fingerprint density at radius 2 is 1.96 bits per heavy atom. The Labute approximate surface area is 142 Å². The van der Waals surface area contributed by atoms with Gasteiger partial charge in [-0.25, -0.2) is 26.6 Å². The van der Waals surface area contributed by atoms with Crippen molar-refractivity contribution in [3.8, 4) is 0 Å². The third-order valence-corrected chi connectivity index (χ3v) is 5.26. The van der Waals surface area contributed by atoms with Crippen LogP contribution in [0.1, 0.15) is 11.1 Å². The average Bonchev–Trinajstić information content (AvgIpc) is 2.92. The Balaban J connectivity index is 2.25. The summed E-state index contributed by atoms with van der Waals surface area (Å²) in [6.07, 6.45) is 4.19.